The molecule has 2 aromatic rings. The van der Waals surface area contributed by atoms with E-state index >= 15 is 0 Å². The number of likely N-dealkylation sites (N-methyl/N-ethyl adjacent to an activating group) is 1. The highest BCUT2D eigenvalue weighted by molar-refractivity contribution is 5.94. The van der Waals surface area contributed by atoms with Crippen LogP contribution in [0.25, 0.3) is 0 Å². The maximum atomic E-state index is 12.4. The zero-order valence-corrected chi connectivity index (χ0v) is 16.5. The van der Waals surface area contributed by atoms with E-state index in [4.69, 9.17) is 4.74 Å². The standard InChI is InChI=1S/C22H28N2O3/c1-5-24(20-8-6-7-16(2)13-20)12-11-23-22(26)15-19-14-18(17(3)25)9-10-21(19)27-4/h6-10,13-14H,5,11-12,15H2,1-4H3,(H,23,26). The van der Waals surface area contributed by atoms with Crippen LogP contribution in [-0.4, -0.2) is 38.4 Å². The first-order valence-corrected chi connectivity index (χ1v) is 9.20. The molecule has 1 N–H and O–H groups in total. The van der Waals surface area contributed by atoms with E-state index in [-0.39, 0.29) is 18.1 Å². The summed E-state index contributed by atoms with van der Waals surface area (Å²) in [6.45, 7) is 7.83. The van der Waals surface area contributed by atoms with Crippen molar-refractivity contribution in [2.75, 3.05) is 31.6 Å². The Kier molecular flexibility index (Phi) is 7.41. The molecule has 0 aliphatic carbocycles. The number of hydrogen-bond donors (Lipinski definition) is 1. The molecule has 27 heavy (non-hydrogen) atoms. The van der Waals surface area contributed by atoms with Crippen LogP contribution in [0, 0.1) is 6.92 Å². The molecule has 5 heteroatoms. The number of aryl methyl sites for hydroxylation is 1. The summed E-state index contributed by atoms with van der Waals surface area (Å²) in [7, 11) is 1.56. The molecule has 0 aliphatic rings. The topological polar surface area (TPSA) is 58.6 Å². The minimum atomic E-state index is -0.0886. The maximum Gasteiger partial charge on any atom is 0.224 e. The number of hydrogen-bond acceptors (Lipinski definition) is 4. The van der Waals surface area contributed by atoms with Crippen molar-refractivity contribution < 1.29 is 14.3 Å². The Bertz CT molecular complexity index is 802. The summed E-state index contributed by atoms with van der Waals surface area (Å²) in [5, 5.41) is 2.96. The number of carbonyl (C=O) groups excluding carboxylic acids is 2. The van der Waals surface area contributed by atoms with Crippen molar-refractivity contribution >= 4 is 17.4 Å². The lowest BCUT2D eigenvalue weighted by molar-refractivity contribution is -0.120. The van der Waals surface area contributed by atoms with Crippen molar-refractivity contribution in [3.05, 3.63) is 59.2 Å². The van der Waals surface area contributed by atoms with E-state index in [1.807, 2.05) is 6.07 Å². The predicted octanol–water partition coefficient (Wildman–Crippen LogP) is 3.39. The summed E-state index contributed by atoms with van der Waals surface area (Å²) in [5.41, 5.74) is 3.67. The Morgan fingerprint density at radius 1 is 1.15 bits per heavy atom. The van der Waals surface area contributed by atoms with Crippen molar-refractivity contribution in [2.45, 2.75) is 27.2 Å². The lowest BCUT2D eigenvalue weighted by Gasteiger charge is -2.23. The van der Waals surface area contributed by atoms with Crippen LogP contribution in [0.4, 0.5) is 5.69 Å². The van der Waals surface area contributed by atoms with Gasteiger partial charge in [-0.25, -0.2) is 0 Å². The second kappa shape index (κ2) is 9.76. The molecular formula is C22H28N2O3. The zero-order valence-electron chi connectivity index (χ0n) is 16.5. The second-order valence-corrected chi connectivity index (χ2v) is 6.53. The third-order valence-electron chi connectivity index (χ3n) is 4.49. The van der Waals surface area contributed by atoms with Crippen molar-refractivity contribution in [1.82, 2.24) is 5.32 Å². The number of nitrogens with one attached hydrogen (secondary N) is 1. The van der Waals surface area contributed by atoms with Gasteiger partial charge >= 0.3 is 0 Å². The first kappa shape index (κ1) is 20.5. The van der Waals surface area contributed by atoms with Crippen LogP contribution in [-0.2, 0) is 11.2 Å². The van der Waals surface area contributed by atoms with Gasteiger partial charge in [-0.05, 0) is 56.7 Å². The molecule has 0 unspecified atom stereocenters. The van der Waals surface area contributed by atoms with Gasteiger partial charge in [-0.1, -0.05) is 12.1 Å². The molecule has 5 nitrogen and oxygen atoms in total. The van der Waals surface area contributed by atoms with E-state index in [1.54, 1.807) is 25.3 Å². The highest BCUT2D eigenvalue weighted by atomic mass is 16.5. The summed E-state index contributed by atoms with van der Waals surface area (Å²) in [5.74, 6) is 0.496. The summed E-state index contributed by atoms with van der Waals surface area (Å²) in [6.07, 6.45) is 0.181. The Balaban J connectivity index is 1.94. The number of ether oxygens (including phenoxy) is 1. The van der Waals surface area contributed by atoms with E-state index in [9.17, 15) is 9.59 Å². The Hall–Kier alpha value is -2.82. The quantitative estimate of drug-likeness (QED) is 0.689. The van der Waals surface area contributed by atoms with E-state index in [0.717, 1.165) is 18.8 Å². The number of ketones is 1. The molecule has 0 radical (unpaired) electrons. The SMILES string of the molecule is CCN(CCNC(=O)Cc1cc(C(C)=O)ccc1OC)c1cccc(C)c1. The summed E-state index contributed by atoms with van der Waals surface area (Å²) in [6, 6.07) is 13.5. The molecule has 0 bridgehead atoms. The summed E-state index contributed by atoms with van der Waals surface area (Å²) in [4.78, 5) is 26.2. The number of amides is 1. The second-order valence-electron chi connectivity index (χ2n) is 6.53. The molecule has 0 atom stereocenters. The van der Waals surface area contributed by atoms with Crippen molar-refractivity contribution in [1.29, 1.82) is 0 Å². The molecule has 0 aromatic heterocycles. The first-order chi connectivity index (χ1) is 12.9. The van der Waals surface area contributed by atoms with Crippen LogP contribution in [0.15, 0.2) is 42.5 Å². The number of methoxy groups -OCH3 is 1. The largest absolute Gasteiger partial charge is 0.496 e. The minimum Gasteiger partial charge on any atom is -0.496 e. The molecule has 0 heterocycles. The van der Waals surface area contributed by atoms with Gasteiger partial charge in [0.1, 0.15) is 5.75 Å². The molecule has 0 saturated heterocycles. The van der Waals surface area contributed by atoms with Crippen LogP contribution < -0.4 is 15.0 Å². The normalized spacial score (nSPS) is 10.4. The lowest BCUT2D eigenvalue weighted by Crippen LogP contribution is -2.35. The molecular weight excluding hydrogens is 340 g/mol. The molecule has 1 amide bonds. The van der Waals surface area contributed by atoms with E-state index in [2.05, 4.69) is 42.3 Å². The third kappa shape index (κ3) is 5.84. The first-order valence-electron chi connectivity index (χ1n) is 9.20. The van der Waals surface area contributed by atoms with Gasteiger partial charge in [0.25, 0.3) is 0 Å². The number of rotatable bonds is 9. The van der Waals surface area contributed by atoms with Crippen molar-refractivity contribution in [2.24, 2.45) is 0 Å². The number of Topliss-reactive ketones (excluding diaryl/α,β-unsaturated/α-hetero) is 1. The van der Waals surface area contributed by atoms with Crippen LogP contribution in [0.5, 0.6) is 5.75 Å². The van der Waals surface area contributed by atoms with E-state index in [1.165, 1.54) is 12.5 Å². The van der Waals surface area contributed by atoms with Crippen molar-refractivity contribution in [3.63, 3.8) is 0 Å². The predicted molar refractivity (Wildman–Crippen MR) is 109 cm³/mol. The van der Waals surface area contributed by atoms with Gasteiger partial charge in [0, 0.05) is 36.4 Å². The van der Waals surface area contributed by atoms with Crippen LogP contribution in [0.3, 0.4) is 0 Å². The summed E-state index contributed by atoms with van der Waals surface area (Å²) >= 11 is 0. The van der Waals surface area contributed by atoms with Gasteiger partial charge < -0.3 is 15.0 Å². The van der Waals surface area contributed by atoms with Gasteiger partial charge in [-0.15, -0.1) is 0 Å². The highest BCUT2D eigenvalue weighted by Gasteiger charge is 2.12. The Morgan fingerprint density at radius 2 is 1.93 bits per heavy atom. The molecule has 144 valence electrons. The number of anilines is 1. The Morgan fingerprint density at radius 3 is 2.56 bits per heavy atom. The molecule has 0 fully saturated rings. The van der Waals surface area contributed by atoms with Crippen LogP contribution >= 0.6 is 0 Å². The van der Waals surface area contributed by atoms with Crippen molar-refractivity contribution in [3.8, 4) is 5.75 Å². The highest BCUT2D eigenvalue weighted by Crippen LogP contribution is 2.21. The molecule has 2 rings (SSSR count). The number of carbonyl (C=O) groups is 2. The summed E-state index contributed by atoms with van der Waals surface area (Å²) < 4.78 is 5.31. The van der Waals surface area contributed by atoms with E-state index < -0.39 is 0 Å². The maximum absolute atomic E-state index is 12.4. The number of nitrogens with zero attached hydrogens (tertiary/aromatic N) is 1. The van der Waals surface area contributed by atoms with Gasteiger partial charge in [-0.3, -0.25) is 9.59 Å². The lowest BCUT2D eigenvalue weighted by atomic mass is 10.0. The Labute approximate surface area is 161 Å². The van der Waals surface area contributed by atoms with Crippen LogP contribution in [0.1, 0.15) is 35.3 Å². The average molecular weight is 368 g/mol. The zero-order chi connectivity index (χ0) is 19.8. The molecule has 0 aliphatic heterocycles. The van der Waals surface area contributed by atoms with Gasteiger partial charge in [0.05, 0.1) is 13.5 Å². The molecule has 2 aromatic carbocycles. The smallest absolute Gasteiger partial charge is 0.224 e. The van der Waals surface area contributed by atoms with Gasteiger partial charge in [-0.2, -0.15) is 0 Å². The minimum absolute atomic E-state index is 0.0314. The third-order valence-corrected chi connectivity index (χ3v) is 4.49. The molecule has 0 spiro atoms. The fourth-order valence-electron chi connectivity index (χ4n) is 3.00. The van der Waals surface area contributed by atoms with E-state index in [0.29, 0.717) is 23.4 Å². The van der Waals surface area contributed by atoms with Gasteiger partial charge in [0.2, 0.25) is 5.91 Å². The monoisotopic (exact) mass is 368 g/mol. The molecule has 0 saturated carbocycles. The van der Waals surface area contributed by atoms with Gasteiger partial charge in [0.15, 0.2) is 5.78 Å². The number of benzene rings is 2. The fraction of sp³-hybridized carbons (Fsp3) is 0.364. The average Bonchev–Trinajstić information content (AvgIpc) is 2.65. The fourth-order valence-corrected chi connectivity index (χ4v) is 3.00. The van der Waals surface area contributed by atoms with Crippen LogP contribution in [0.2, 0.25) is 0 Å².